The van der Waals surface area contributed by atoms with Crippen molar-refractivity contribution >= 4 is 15.9 Å². The highest BCUT2D eigenvalue weighted by Crippen LogP contribution is 2.24. The number of carbonyl (C=O) groups excluding carboxylic acids is 1. The van der Waals surface area contributed by atoms with Crippen LogP contribution in [-0.2, 0) is 10.0 Å². The maximum Gasteiger partial charge on any atom is 0.255 e. The number of ether oxygens (including phenoxy) is 2. The second-order valence-corrected chi connectivity index (χ2v) is 8.04. The molecule has 1 aromatic carbocycles. The van der Waals surface area contributed by atoms with Crippen LogP contribution in [0.15, 0.2) is 18.2 Å². The maximum absolute atomic E-state index is 12.4. The molecule has 140 valence electrons. The molecule has 1 aliphatic heterocycles. The molecule has 1 aromatic rings. The molecule has 1 aliphatic rings. The molecule has 1 amide bonds. The van der Waals surface area contributed by atoms with Crippen LogP contribution in [0, 0.1) is 0 Å². The molecule has 7 nitrogen and oxygen atoms in total. The van der Waals surface area contributed by atoms with Crippen LogP contribution in [0.5, 0.6) is 11.5 Å². The lowest BCUT2D eigenvalue weighted by atomic mass is 10.2. The minimum absolute atomic E-state index is 0.0624. The van der Waals surface area contributed by atoms with Gasteiger partial charge in [0.15, 0.2) is 0 Å². The van der Waals surface area contributed by atoms with Crippen molar-refractivity contribution in [2.75, 3.05) is 39.6 Å². The third-order valence-electron chi connectivity index (χ3n) is 4.26. The topological polar surface area (TPSA) is 84.9 Å². The molecule has 0 unspecified atom stereocenters. The van der Waals surface area contributed by atoms with Gasteiger partial charge in [-0.05, 0) is 25.0 Å². The van der Waals surface area contributed by atoms with Crippen molar-refractivity contribution < 1.29 is 22.7 Å². The highest BCUT2D eigenvalue weighted by molar-refractivity contribution is 7.89. The normalized spacial score (nSPS) is 16.1. The number of benzene rings is 1. The largest absolute Gasteiger partial charge is 0.497 e. The van der Waals surface area contributed by atoms with E-state index in [0.29, 0.717) is 30.2 Å². The van der Waals surface area contributed by atoms with E-state index in [9.17, 15) is 13.2 Å². The van der Waals surface area contributed by atoms with Crippen molar-refractivity contribution in [1.29, 1.82) is 0 Å². The fourth-order valence-electron chi connectivity index (χ4n) is 2.82. The van der Waals surface area contributed by atoms with E-state index in [1.807, 2.05) is 0 Å². The molecule has 25 heavy (non-hydrogen) atoms. The second-order valence-electron chi connectivity index (χ2n) is 5.95. The molecule has 0 aliphatic carbocycles. The standard InChI is InChI=1S/C17H26N2O5S/c1-23-14-7-8-15(16(13-14)24-2)17(20)18-9-12-25(21,22)19-10-5-3-4-6-11-19/h7-8,13H,3-6,9-12H2,1-2H3,(H,18,20). The van der Waals surface area contributed by atoms with Gasteiger partial charge in [-0.25, -0.2) is 12.7 Å². The van der Waals surface area contributed by atoms with E-state index in [4.69, 9.17) is 9.47 Å². The average Bonchev–Trinajstić information content (AvgIpc) is 2.90. The molecule has 0 saturated carbocycles. The van der Waals surface area contributed by atoms with Crippen LogP contribution in [0.1, 0.15) is 36.0 Å². The Bertz CT molecular complexity index is 682. The first-order valence-electron chi connectivity index (χ1n) is 8.46. The number of carbonyl (C=O) groups is 1. The average molecular weight is 370 g/mol. The van der Waals surface area contributed by atoms with Gasteiger partial charge in [-0.3, -0.25) is 4.79 Å². The molecule has 0 spiro atoms. The van der Waals surface area contributed by atoms with Gasteiger partial charge in [-0.2, -0.15) is 0 Å². The quantitative estimate of drug-likeness (QED) is 0.789. The third-order valence-corrected chi connectivity index (χ3v) is 6.13. The smallest absolute Gasteiger partial charge is 0.255 e. The van der Waals surface area contributed by atoms with Gasteiger partial charge in [-0.15, -0.1) is 0 Å². The van der Waals surface area contributed by atoms with Crippen LogP contribution in [0.25, 0.3) is 0 Å². The lowest BCUT2D eigenvalue weighted by molar-refractivity contribution is 0.0953. The molecule has 0 radical (unpaired) electrons. The molecule has 0 atom stereocenters. The predicted molar refractivity (Wildman–Crippen MR) is 95.7 cm³/mol. The van der Waals surface area contributed by atoms with E-state index in [1.54, 1.807) is 22.5 Å². The van der Waals surface area contributed by atoms with E-state index in [1.165, 1.54) is 14.2 Å². The summed E-state index contributed by atoms with van der Waals surface area (Å²) in [5.41, 5.74) is 0.343. The van der Waals surface area contributed by atoms with Crippen LogP contribution in [-0.4, -0.2) is 58.2 Å². The van der Waals surface area contributed by atoms with Gasteiger partial charge in [-0.1, -0.05) is 12.8 Å². The van der Waals surface area contributed by atoms with Gasteiger partial charge in [0.1, 0.15) is 11.5 Å². The van der Waals surface area contributed by atoms with Gasteiger partial charge < -0.3 is 14.8 Å². The Morgan fingerprint density at radius 1 is 1.12 bits per heavy atom. The number of amides is 1. The number of nitrogens with zero attached hydrogens (tertiary/aromatic N) is 1. The van der Waals surface area contributed by atoms with Crippen LogP contribution < -0.4 is 14.8 Å². The molecule has 8 heteroatoms. The van der Waals surface area contributed by atoms with Gasteiger partial charge in [0.05, 0.1) is 25.5 Å². The number of hydrogen-bond acceptors (Lipinski definition) is 5. The van der Waals surface area contributed by atoms with E-state index in [0.717, 1.165) is 25.7 Å². The first-order valence-corrected chi connectivity index (χ1v) is 10.1. The molecule has 1 N–H and O–H groups in total. The Kier molecular flexibility index (Phi) is 7.07. The first kappa shape index (κ1) is 19.5. The van der Waals surface area contributed by atoms with Crippen molar-refractivity contribution in [1.82, 2.24) is 9.62 Å². The molecule has 0 aromatic heterocycles. The van der Waals surface area contributed by atoms with Crippen molar-refractivity contribution in [3.8, 4) is 11.5 Å². The molecule has 1 saturated heterocycles. The second kappa shape index (κ2) is 9.05. The van der Waals surface area contributed by atoms with Crippen LogP contribution >= 0.6 is 0 Å². The Labute approximate surface area is 149 Å². The molecule has 0 bridgehead atoms. The summed E-state index contributed by atoms with van der Waals surface area (Å²) < 4.78 is 36.6. The SMILES string of the molecule is COc1ccc(C(=O)NCCS(=O)(=O)N2CCCCCC2)c(OC)c1. The van der Waals surface area contributed by atoms with Crippen LogP contribution in [0.3, 0.4) is 0 Å². The first-order chi connectivity index (χ1) is 12.0. The fourth-order valence-corrected chi connectivity index (χ4v) is 4.26. The van der Waals surface area contributed by atoms with Gasteiger partial charge in [0, 0.05) is 25.7 Å². The number of rotatable bonds is 7. The van der Waals surface area contributed by atoms with Crippen molar-refractivity contribution in [2.24, 2.45) is 0 Å². The zero-order chi connectivity index (χ0) is 18.3. The fraction of sp³-hybridized carbons (Fsp3) is 0.588. The summed E-state index contributed by atoms with van der Waals surface area (Å²) in [4.78, 5) is 12.3. The Morgan fingerprint density at radius 3 is 2.40 bits per heavy atom. The lowest BCUT2D eigenvalue weighted by Crippen LogP contribution is -2.38. The minimum Gasteiger partial charge on any atom is -0.497 e. The minimum atomic E-state index is -3.34. The van der Waals surface area contributed by atoms with Gasteiger partial charge in [0.25, 0.3) is 5.91 Å². The maximum atomic E-state index is 12.4. The summed E-state index contributed by atoms with van der Waals surface area (Å²) in [5, 5.41) is 2.66. The monoisotopic (exact) mass is 370 g/mol. The van der Waals surface area contributed by atoms with Crippen LogP contribution in [0.4, 0.5) is 0 Å². The molecular weight excluding hydrogens is 344 g/mol. The van der Waals surface area contributed by atoms with Gasteiger partial charge >= 0.3 is 0 Å². The molecular formula is C17H26N2O5S. The zero-order valence-electron chi connectivity index (χ0n) is 14.8. The summed E-state index contributed by atoms with van der Waals surface area (Å²) in [6.07, 6.45) is 3.93. The zero-order valence-corrected chi connectivity index (χ0v) is 15.6. The van der Waals surface area contributed by atoms with Crippen molar-refractivity contribution in [3.05, 3.63) is 23.8 Å². The Balaban J connectivity index is 1.93. The summed E-state index contributed by atoms with van der Waals surface area (Å²) >= 11 is 0. The van der Waals surface area contributed by atoms with E-state index < -0.39 is 10.0 Å². The number of sulfonamides is 1. The number of methoxy groups -OCH3 is 2. The predicted octanol–water partition coefficient (Wildman–Crippen LogP) is 1.64. The summed E-state index contributed by atoms with van der Waals surface area (Å²) in [7, 11) is -0.346. The lowest BCUT2D eigenvalue weighted by Gasteiger charge is -2.20. The van der Waals surface area contributed by atoms with Crippen LogP contribution in [0.2, 0.25) is 0 Å². The highest BCUT2D eigenvalue weighted by Gasteiger charge is 2.23. The Hall–Kier alpha value is -1.80. The Morgan fingerprint density at radius 2 is 1.80 bits per heavy atom. The highest BCUT2D eigenvalue weighted by atomic mass is 32.2. The molecule has 1 heterocycles. The number of nitrogens with one attached hydrogen (secondary N) is 1. The number of hydrogen-bond donors (Lipinski definition) is 1. The van der Waals surface area contributed by atoms with Crippen molar-refractivity contribution in [2.45, 2.75) is 25.7 Å². The third kappa shape index (κ3) is 5.34. The van der Waals surface area contributed by atoms with Crippen molar-refractivity contribution in [3.63, 3.8) is 0 Å². The van der Waals surface area contributed by atoms with E-state index >= 15 is 0 Å². The summed E-state index contributed by atoms with van der Waals surface area (Å²) in [6, 6.07) is 4.87. The van der Waals surface area contributed by atoms with Gasteiger partial charge in [0.2, 0.25) is 10.0 Å². The summed E-state index contributed by atoms with van der Waals surface area (Å²) in [5.74, 6) is 0.493. The van der Waals surface area contributed by atoms with E-state index in [-0.39, 0.29) is 18.2 Å². The van der Waals surface area contributed by atoms with E-state index in [2.05, 4.69) is 5.32 Å². The molecule has 2 rings (SSSR count). The summed E-state index contributed by atoms with van der Waals surface area (Å²) in [6.45, 7) is 1.21. The molecule has 1 fully saturated rings.